The van der Waals surface area contributed by atoms with Crippen molar-refractivity contribution in [1.82, 2.24) is 15.5 Å². The Balaban J connectivity index is 2.05. The number of carboxylic acids is 1. The minimum absolute atomic E-state index is 0.204. The third-order valence-corrected chi connectivity index (χ3v) is 5.47. The van der Waals surface area contributed by atoms with Crippen molar-refractivity contribution in [1.29, 1.82) is 0 Å². The van der Waals surface area contributed by atoms with E-state index in [0.717, 1.165) is 10.5 Å². The molecule has 1 heterocycles. The summed E-state index contributed by atoms with van der Waals surface area (Å²) in [6.07, 6.45) is 0.282. The number of carboxylic acid groups (broad SMARTS) is 1. The number of benzene rings is 1. The van der Waals surface area contributed by atoms with Crippen LogP contribution in [0.5, 0.6) is 0 Å². The normalized spacial score (nSPS) is 16.0. The van der Waals surface area contributed by atoms with Gasteiger partial charge in [-0.2, -0.15) is 0 Å². The van der Waals surface area contributed by atoms with E-state index in [0.29, 0.717) is 22.9 Å². The van der Waals surface area contributed by atoms with Crippen LogP contribution >= 0.6 is 23.2 Å². The van der Waals surface area contributed by atoms with Crippen molar-refractivity contribution in [2.75, 3.05) is 19.6 Å². The van der Waals surface area contributed by atoms with E-state index >= 15 is 0 Å². The second-order valence-corrected chi connectivity index (χ2v) is 9.41. The van der Waals surface area contributed by atoms with Crippen LogP contribution < -0.4 is 10.6 Å². The summed E-state index contributed by atoms with van der Waals surface area (Å²) >= 11 is 11.9. The summed E-state index contributed by atoms with van der Waals surface area (Å²) in [6, 6.07) is 4.01. The molecule has 1 aliphatic heterocycles. The van der Waals surface area contributed by atoms with Crippen molar-refractivity contribution in [2.24, 2.45) is 0 Å². The number of aliphatic hydroxyl groups excluding tert-OH is 1. The van der Waals surface area contributed by atoms with Crippen LogP contribution in [0.25, 0.3) is 0 Å². The number of halogens is 2. The monoisotopic (exact) mass is 515 g/mol. The van der Waals surface area contributed by atoms with Gasteiger partial charge in [0.1, 0.15) is 12.1 Å². The maximum Gasteiger partial charge on any atom is 0.407 e. The first-order chi connectivity index (χ1) is 15.8. The standard InChI is InChI=1S/C22H27Cl2N3O7/c1-22(2,3)34-21(33)26-10-15-17(18(30)20(32)27(15)11-16(28)29)19(31)25-8-4-5-12-6-7-13(23)14(24)9-12/h6-7,9,15,30H,4-5,8,10-11H2,1-3H3,(H,25,31)(H,26,33)(H,28,29). The van der Waals surface area contributed by atoms with Crippen LogP contribution in [0.15, 0.2) is 29.5 Å². The Morgan fingerprint density at radius 2 is 1.82 bits per heavy atom. The fraction of sp³-hybridized carbons (Fsp3) is 0.455. The van der Waals surface area contributed by atoms with E-state index in [1.165, 1.54) is 0 Å². The first kappa shape index (κ1) is 27.3. The van der Waals surface area contributed by atoms with Crippen LogP contribution in [0.3, 0.4) is 0 Å². The number of amides is 3. The number of alkyl carbamates (subject to hydrolysis) is 1. The minimum atomic E-state index is -1.34. The molecule has 10 nitrogen and oxygen atoms in total. The number of rotatable bonds is 9. The van der Waals surface area contributed by atoms with Crippen LogP contribution in [0.1, 0.15) is 32.8 Å². The highest BCUT2D eigenvalue weighted by Crippen LogP contribution is 2.25. The molecule has 1 atom stereocenters. The Labute approximate surface area is 206 Å². The van der Waals surface area contributed by atoms with Gasteiger partial charge in [0.2, 0.25) is 0 Å². The molecule has 34 heavy (non-hydrogen) atoms. The van der Waals surface area contributed by atoms with Crippen LogP contribution in [0.4, 0.5) is 4.79 Å². The van der Waals surface area contributed by atoms with Gasteiger partial charge in [0.15, 0.2) is 5.76 Å². The second-order valence-electron chi connectivity index (χ2n) is 8.60. The van der Waals surface area contributed by atoms with Crippen LogP contribution in [-0.2, 0) is 25.5 Å². The number of aryl methyl sites for hydroxylation is 1. The largest absolute Gasteiger partial charge is 0.503 e. The maximum absolute atomic E-state index is 12.8. The van der Waals surface area contributed by atoms with E-state index in [-0.39, 0.29) is 18.7 Å². The fourth-order valence-electron chi connectivity index (χ4n) is 3.28. The first-order valence-corrected chi connectivity index (χ1v) is 11.2. The topological polar surface area (TPSA) is 145 Å². The molecular formula is C22H27Cl2N3O7. The van der Waals surface area contributed by atoms with Crippen LogP contribution in [0, 0.1) is 0 Å². The van der Waals surface area contributed by atoms with E-state index in [4.69, 9.17) is 33.0 Å². The summed E-state index contributed by atoms with van der Waals surface area (Å²) in [5.74, 6) is -3.96. The Kier molecular flexibility index (Phi) is 9.17. The van der Waals surface area contributed by atoms with Gasteiger partial charge in [-0.15, -0.1) is 0 Å². The molecule has 1 aromatic carbocycles. The molecule has 0 saturated heterocycles. The number of nitrogens with zero attached hydrogens (tertiary/aromatic N) is 1. The van der Waals surface area contributed by atoms with Crippen molar-refractivity contribution in [3.8, 4) is 0 Å². The van der Waals surface area contributed by atoms with E-state index in [2.05, 4.69) is 10.6 Å². The summed E-state index contributed by atoms with van der Waals surface area (Å²) in [6.45, 7) is 4.08. The molecule has 0 aliphatic carbocycles. The van der Waals surface area contributed by atoms with Gasteiger partial charge in [-0.3, -0.25) is 14.4 Å². The highest BCUT2D eigenvalue weighted by molar-refractivity contribution is 6.42. The summed E-state index contributed by atoms with van der Waals surface area (Å²) in [5.41, 5.74) is -0.200. The third kappa shape index (κ3) is 7.53. The summed E-state index contributed by atoms with van der Waals surface area (Å²) < 4.78 is 5.13. The number of hydrogen-bond acceptors (Lipinski definition) is 6. The number of aliphatic hydroxyl groups is 1. The first-order valence-electron chi connectivity index (χ1n) is 10.4. The van der Waals surface area contributed by atoms with E-state index in [9.17, 15) is 24.3 Å². The molecule has 0 radical (unpaired) electrons. The lowest BCUT2D eigenvalue weighted by Gasteiger charge is -2.26. The van der Waals surface area contributed by atoms with Gasteiger partial charge in [-0.25, -0.2) is 4.79 Å². The molecule has 0 spiro atoms. The minimum Gasteiger partial charge on any atom is -0.503 e. The lowest BCUT2D eigenvalue weighted by molar-refractivity contribution is -0.144. The van der Waals surface area contributed by atoms with Gasteiger partial charge < -0.3 is 30.5 Å². The molecule has 1 aromatic rings. The van der Waals surface area contributed by atoms with Crippen LogP contribution in [-0.4, -0.2) is 70.3 Å². The van der Waals surface area contributed by atoms with Crippen molar-refractivity contribution in [2.45, 2.75) is 45.3 Å². The van der Waals surface area contributed by atoms with Crippen molar-refractivity contribution < 1.29 is 34.1 Å². The fourth-order valence-corrected chi connectivity index (χ4v) is 3.60. The number of carbonyl (C=O) groups excluding carboxylic acids is 3. The molecule has 12 heteroatoms. The lowest BCUT2D eigenvalue weighted by atomic mass is 10.1. The lowest BCUT2D eigenvalue weighted by Crippen LogP contribution is -2.48. The predicted octanol–water partition coefficient (Wildman–Crippen LogP) is 2.67. The summed E-state index contributed by atoms with van der Waals surface area (Å²) in [4.78, 5) is 49.3. The average Bonchev–Trinajstić information content (AvgIpc) is 2.94. The number of nitrogens with one attached hydrogen (secondary N) is 2. The molecule has 3 amide bonds. The number of aliphatic carboxylic acids is 1. The number of carbonyl (C=O) groups is 4. The van der Waals surface area contributed by atoms with Gasteiger partial charge >= 0.3 is 12.1 Å². The molecular weight excluding hydrogens is 489 g/mol. The van der Waals surface area contributed by atoms with Crippen molar-refractivity contribution in [3.63, 3.8) is 0 Å². The zero-order valence-electron chi connectivity index (χ0n) is 19.0. The van der Waals surface area contributed by atoms with Crippen LogP contribution in [0.2, 0.25) is 10.0 Å². The molecule has 1 aliphatic rings. The maximum atomic E-state index is 12.8. The zero-order chi connectivity index (χ0) is 25.6. The van der Waals surface area contributed by atoms with Crippen molar-refractivity contribution in [3.05, 3.63) is 45.1 Å². The smallest absolute Gasteiger partial charge is 0.407 e. The van der Waals surface area contributed by atoms with E-state index in [1.54, 1.807) is 32.9 Å². The average molecular weight is 516 g/mol. The van der Waals surface area contributed by atoms with Crippen molar-refractivity contribution >= 4 is 47.1 Å². The molecule has 0 fully saturated rings. The SMILES string of the molecule is CC(C)(C)OC(=O)NCC1C(C(=O)NCCCc2ccc(Cl)c(Cl)c2)=C(O)C(=O)N1CC(=O)O. The Morgan fingerprint density at radius 3 is 2.41 bits per heavy atom. The predicted molar refractivity (Wildman–Crippen MR) is 125 cm³/mol. The quantitative estimate of drug-likeness (QED) is 0.369. The number of ether oxygens (including phenoxy) is 1. The Bertz CT molecular complexity index is 1000. The second kappa shape index (κ2) is 11.4. The highest BCUT2D eigenvalue weighted by Gasteiger charge is 2.43. The third-order valence-electron chi connectivity index (χ3n) is 4.73. The van der Waals surface area contributed by atoms with Gasteiger partial charge in [0.25, 0.3) is 11.8 Å². The molecule has 0 saturated carbocycles. The molecule has 0 aromatic heterocycles. The molecule has 0 bridgehead atoms. The summed E-state index contributed by atoms with van der Waals surface area (Å²) in [7, 11) is 0. The van der Waals surface area contributed by atoms with Gasteiger partial charge in [0, 0.05) is 13.1 Å². The highest BCUT2D eigenvalue weighted by atomic mass is 35.5. The zero-order valence-corrected chi connectivity index (χ0v) is 20.5. The van der Waals surface area contributed by atoms with Gasteiger partial charge in [-0.05, 0) is 51.3 Å². The van der Waals surface area contributed by atoms with E-state index in [1.807, 2.05) is 6.07 Å². The van der Waals surface area contributed by atoms with Gasteiger partial charge in [0.05, 0.1) is 21.7 Å². The molecule has 186 valence electrons. The Hall–Kier alpha value is -2.98. The molecule has 1 unspecified atom stereocenters. The molecule has 4 N–H and O–H groups in total. The number of hydrogen-bond donors (Lipinski definition) is 4. The van der Waals surface area contributed by atoms with Gasteiger partial charge in [-0.1, -0.05) is 29.3 Å². The summed E-state index contributed by atoms with van der Waals surface area (Å²) in [5, 5.41) is 25.3. The Morgan fingerprint density at radius 1 is 1.15 bits per heavy atom. The van der Waals surface area contributed by atoms with E-state index < -0.39 is 47.8 Å². The molecule has 2 rings (SSSR count).